The fraction of sp³-hybridized carbons (Fsp3) is 0.889. The summed E-state index contributed by atoms with van der Waals surface area (Å²) in [5.74, 6) is -0.606. The largest absolute Gasteiger partial charge is 0.382 e. The predicted octanol–water partition coefficient (Wildman–Crippen LogP) is -0.0638. The number of morpholine rings is 1. The summed E-state index contributed by atoms with van der Waals surface area (Å²) >= 11 is 0. The van der Waals surface area contributed by atoms with Crippen molar-refractivity contribution in [2.24, 2.45) is 0 Å². The number of hydrogen-bond donors (Lipinski definition) is 1. The fourth-order valence-corrected chi connectivity index (χ4v) is 1.27. The van der Waals surface area contributed by atoms with Gasteiger partial charge in [-0.1, -0.05) is 6.92 Å². The number of aliphatic hydroxyl groups is 1. The molecule has 5 heteroatoms. The highest BCUT2D eigenvalue weighted by Gasteiger charge is 2.26. The SMILES string of the molecule is CCC1COCCN1OC(=O)C(C)O. The summed E-state index contributed by atoms with van der Waals surface area (Å²) < 4.78 is 5.25. The number of ether oxygens (including phenoxy) is 1. The molecule has 1 saturated heterocycles. The minimum atomic E-state index is -1.07. The molecule has 2 atom stereocenters. The van der Waals surface area contributed by atoms with Gasteiger partial charge in [0.1, 0.15) is 0 Å². The Balaban J connectivity index is 2.44. The average molecular weight is 203 g/mol. The van der Waals surface area contributed by atoms with Gasteiger partial charge in [-0.15, -0.1) is 5.06 Å². The van der Waals surface area contributed by atoms with Crippen LogP contribution in [-0.4, -0.2) is 48.0 Å². The Labute approximate surface area is 83.5 Å². The molecule has 82 valence electrons. The first kappa shape index (κ1) is 11.4. The first-order valence-electron chi connectivity index (χ1n) is 4.89. The van der Waals surface area contributed by atoms with E-state index >= 15 is 0 Å². The zero-order valence-electron chi connectivity index (χ0n) is 8.60. The molecule has 0 aromatic carbocycles. The van der Waals surface area contributed by atoms with Gasteiger partial charge in [-0.05, 0) is 13.3 Å². The molecule has 1 aliphatic heterocycles. The Kier molecular flexibility index (Phi) is 4.31. The van der Waals surface area contributed by atoms with E-state index in [4.69, 9.17) is 14.7 Å². The Hall–Kier alpha value is -0.650. The molecule has 5 nitrogen and oxygen atoms in total. The summed E-state index contributed by atoms with van der Waals surface area (Å²) in [6.45, 7) is 5.09. The van der Waals surface area contributed by atoms with Gasteiger partial charge in [0.25, 0.3) is 0 Å². The van der Waals surface area contributed by atoms with Crippen LogP contribution in [0.2, 0.25) is 0 Å². The molecule has 0 aromatic rings. The summed E-state index contributed by atoms with van der Waals surface area (Å²) in [6.07, 6.45) is -0.219. The molecule has 0 spiro atoms. The van der Waals surface area contributed by atoms with E-state index in [1.807, 2.05) is 6.92 Å². The topological polar surface area (TPSA) is 59.0 Å². The van der Waals surface area contributed by atoms with Crippen LogP contribution in [0.5, 0.6) is 0 Å². The number of carbonyl (C=O) groups is 1. The molecule has 1 heterocycles. The van der Waals surface area contributed by atoms with Crippen molar-refractivity contribution in [3.8, 4) is 0 Å². The lowest BCUT2D eigenvalue weighted by Gasteiger charge is -2.33. The monoisotopic (exact) mass is 203 g/mol. The Bertz CT molecular complexity index is 195. The summed E-state index contributed by atoms with van der Waals surface area (Å²) in [7, 11) is 0. The van der Waals surface area contributed by atoms with Crippen LogP contribution in [0.4, 0.5) is 0 Å². The summed E-state index contributed by atoms with van der Waals surface area (Å²) in [4.78, 5) is 16.1. The van der Waals surface area contributed by atoms with Crippen LogP contribution in [0.15, 0.2) is 0 Å². The van der Waals surface area contributed by atoms with E-state index in [0.717, 1.165) is 6.42 Å². The normalized spacial score (nSPS) is 25.8. The first-order chi connectivity index (χ1) is 6.65. The predicted molar refractivity (Wildman–Crippen MR) is 49.4 cm³/mol. The van der Waals surface area contributed by atoms with E-state index in [1.54, 1.807) is 5.06 Å². The molecule has 2 unspecified atom stereocenters. The maximum atomic E-state index is 11.1. The summed E-state index contributed by atoms with van der Waals surface area (Å²) in [6, 6.07) is 0.103. The van der Waals surface area contributed by atoms with Gasteiger partial charge in [-0.2, -0.15) is 0 Å². The van der Waals surface area contributed by atoms with Crippen molar-refractivity contribution >= 4 is 5.97 Å². The smallest absolute Gasteiger partial charge is 0.353 e. The van der Waals surface area contributed by atoms with Crippen molar-refractivity contribution in [2.75, 3.05) is 19.8 Å². The lowest BCUT2D eigenvalue weighted by molar-refractivity contribution is -0.230. The number of aliphatic hydroxyl groups excluding tert-OH is 1. The molecular formula is C9H17NO4. The van der Waals surface area contributed by atoms with E-state index in [-0.39, 0.29) is 6.04 Å². The van der Waals surface area contributed by atoms with Gasteiger partial charge in [0.05, 0.1) is 25.8 Å². The molecule has 0 aliphatic carbocycles. The van der Waals surface area contributed by atoms with Gasteiger partial charge in [0.15, 0.2) is 6.10 Å². The number of rotatable bonds is 3. The third kappa shape index (κ3) is 2.94. The zero-order valence-corrected chi connectivity index (χ0v) is 8.60. The molecule has 0 amide bonds. The zero-order chi connectivity index (χ0) is 10.6. The number of hydrogen-bond acceptors (Lipinski definition) is 5. The lowest BCUT2D eigenvalue weighted by Crippen LogP contribution is -2.47. The van der Waals surface area contributed by atoms with Crippen LogP contribution in [0.3, 0.4) is 0 Å². The number of nitrogens with zero attached hydrogens (tertiary/aromatic N) is 1. The van der Waals surface area contributed by atoms with Crippen molar-refractivity contribution in [2.45, 2.75) is 32.4 Å². The molecule has 1 fully saturated rings. The number of hydroxylamine groups is 2. The van der Waals surface area contributed by atoms with Crippen molar-refractivity contribution in [1.82, 2.24) is 5.06 Å². The van der Waals surface area contributed by atoms with Crippen molar-refractivity contribution in [3.63, 3.8) is 0 Å². The van der Waals surface area contributed by atoms with Gasteiger partial charge < -0.3 is 14.7 Å². The van der Waals surface area contributed by atoms with Crippen molar-refractivity contribution < 1.29 is 19.5 Å². The molecule has 1 N–H and O–H groups in total. The second-order valence-corrected chi connectivity index (χ2v) is 3.36. The lowest BCUT2D eigenvalue weighted by atomic mass is 10.2. The molecule has 0 radical (unpaired) electrons. The standard InChI is InChI=1S/C9H17NO4/c1-3-8-6-13-5-4-10(8)14-9(12)7(2)11/h7-8,11H,3-6H2,1-2H3. The van der Waals surface area contributed by atoms with Crippen LogP contribution < -0.4 is 0 Å². The first-order valence-corrected chi connectivity index (χ1v) is 4.89. The van der Waals surface area contributed by atoms with Gasteiger partial charge >= 0.3 is 5.97 Å². The van der Waals surface area contributed by atoms with Gasteiger partial charge in [0.2, 0.25) is 0 Å². The van der Waals surface area contributed by atoms with Crippen molar-refractivity contribution in [1.29, 1.82) is 0 Å². The van der Waals surface area contributed by atoms with Crippen LogP contribution >= 0.6 is 0 Å². The Morgan fingerprint density at radius 3 is 3.07 bits per heavy atom. The Morgan fingerprint density at radius 1 is 1.79 bits per heavy atom. The average Bonchev–Trinajstić information content (AvgIpc) is 2.18. The highest BCUT2D eigenvalue weighted by atomic mass is 16.7. The third-order valence-electron chi connectivity index (χ3n) is 2.19. The van der Waals surface area contributed by atoms with E-state index in [0.29, 0.717) is 19.8 Å². The maximum Gasteiger partial charge on any atom is 0.353 e. The van der Waals surface area contributed by atoms with Gasteiger partial charge in [0, 0.05) is 0 Å². The molecule has 1 aliphatic rings. The van der Waals surface area contributed by atoms with E-state index in [1.165, 1.54) is 6.92 Å². The molecule has 1 rings (SSSR count). The summed E-state index contributed by atoms with van der Waals surface area (Å²) in [5, 5.41) is 10.6. The second-order valence-electron chi connectivity index (χ2n) is 3.36. The van der Waals surface area contributed by atoms with E-state index in [9.17, 15) is 4.79 Å². The molecule has 0 saturated carbocycles. The highest BCUT2D eigenvalue weighted by Crippen LogP contribution is 2.11. The summed E-state index contributed by atoms with van der Waals surface area (Å²) in [5.41, 5.74) is 0. The Morgan fingerprint density at radius 2 is 2.50 bits per heavy atom. The van der Waals surface area contributed by atoms with E-state index in [2.05, 4.69) is 0 Å². The van der Waals surface area contributed by atoms with Gasteiger partial charge in [-0.25, -0.2) is 4.79 Å². The van der Waals surface area contributed by atoms with Crippen LogP contribution in [0, 0.1) is 0 Å². The molecule has 0 bridgehead atoms. The highest BCUT2D eigenvalue weighted by molar-refractivity contribution is 5.73. The second kappa shape index (κ2) is 5.29. The maximum absolute atomic E-state index is 11.1. The van der Waals surface area contributed by atoms with Crippen LogP contribution in [-0.2, 0) is 14.4 Å². The third-order valence-corrected chi connectivity index (χ3v) is 2.19. The van der Waals surface area contributed by atoms with Crippen LogP contribution in [0.25, 0.3) is 0 Å². The fourth-order valence-electron chi connectivity index (χ4n) is 1.27. The minimum absolute atomic E-state index is 0.103. The molecule has 0 aromatic heterocycles. The number of carbonyl (C=O) groups excluding carboxylic acids is 1. The molecular weight excluding hydrogens is 186 g/mol. The van der Waals surface area contributed by atoms with Crippen molar-refractivity contribution in [3.05, 3.63) is 0 Å². The quantitative estimate of drug-likeness (QED) is 0.696. The van der Waals surface area contributed by atoms with Gasteiger partial charge in [-0.3, -0.25) is 0 Å². The van der Waals surface area contributed by atoms with E-state index < -0.39 is 12.1 Å². The molecule has 14 heavy (non-hydrogen) atoms. The minimum Gasteiger partial charge on any atom is -0.382 e. The van der Waals surface area contributed by atoms with Crippen LogP contribution in [0.1, 0.15) is 20.3 Å².